The number of carbonyl (C=O) groups is 1. The molecule has 0 aliphatic heterocycles. The number of nitrogens with zero attached hydrogens (tertiary/aromatic N) is 2. The lowest BCUT2D eigenvalue weighted by molar-refractivity contribution is 0.102. The number of aromatic nitrogens is 2. The summed E-state index contributed by atoms with van der Waals surface area (Å²) in [6, 6.07) is 29.1. The Morgan fingerprint density at radius 3 is 2.04 bits per heavy atom. The van der Waals surface area contributed by atoms with Crippen molar-refractivity contribution in [2.45, 2.75) is 6.92 Å². The van der Waals surface area contributed by atoms with Crippen LogP contribution in [0.2, 0.25) is 0 Å². The molecule has 5 nitrogen and oxygen atoms in total. The average Bonchev–Trinajstić information content (AvgIpc) is 3.13. The van der Waals surface area contributed by atoms with Crippen LogP contribution < -0.4 is 10.6 Å². The normalized spacial score (nSPS) is 10.5. The van der Waals surface area contributed by atoms with E-state index in [9.17, 15) is 4.79 Å². The fourth-order valence-corrected chi connectivity index (χ4v) is 2.94. The smallest absolute Gasteiger partial charge is 0.276 e. The van der Waals surface area contributed by atoms with Crippen LogP contribution in [0.15, 0.2) is 91.0 Å². The van der Waals surface area contributed by atoms with Crippen molar-refractivity contribution in [3.8, 4) is 5.69 Å². The van der Waals surface area contributed by atoms with Gasteiger partial charge in [-0.2, -0.15) is 5.10 Å². The molecule has 4 aromatic rings. The first-order valence-electron chi connectivity index (χ1n) is 9.05. The van der Waals surface area contributed by atoms with Crippen molar-refractivity contribution in [2.75, 3.05) is 10.6 Å². The van der Waals surface area contributed by atoms with Gasteiger partial charge < -0.3 is 10.6 Å². The van der Waals surface area contributed by atoms with Gasteiger partial charge in [0.1, 0.15) is 0 Å². The monoisotopic (exact) mass is 368 g/mol. The van der Waals surface area contributed by atoms with Crippen molar-refractivity contribution >= 4 is 23.0 Å². The number of para-hydroxylation sites is 2. The van der Waals surface area contributed by atoms with Crippen LogP contribution in [0, 0.1) is 6.92 Å². The first kappa shape index (κ1) is 17.5. The van der Waals surface area contributed by atoms with E-state index >= 15 is 0 Å². The Hall–Kier alpha value is -3.86. The summed E-state index contributed by atoms with van der Waals surface area (Å²) >= 11 is 0. The number of amides is 1. The number of hydrogen-bond donors (Lipinski definition) is 2. The van der Waals surface area contributed by atoms with E-state index in [1.54, 1.807) is 10.7 Å². The minimum atomic E-state index is -0.235. The largest absolute Gasteiger partial charge is 0.356 e. The molecule has 0 spiro atoms. The van der Waals surface area contributed by atoms with E-state index in [2.05, 4.69) is 15.7 Å². The first-order chi connectivity index (χ1) is 13.7. The minimum absolute atomic E-state index is 0.235. The summed E-state index contributed by atoms with van der Waals surface area (Å²) in [5.41, 5.74) is 4.90. The summed E-state index contributed by atoms with van der Waals surface area (Å²) in [5.74, 6) is -0.235. The topological polar surface area (TPSA) is 59.0 Å². The van der Waals surface area contributed by atoms with Gasteiger partial charge in [0.2, 0.25) is 0 Å². The molecular weight excluding hydrogens is 348 g/mol. The van der Waals surface area contributed by atoms with Crippen LogP contribution in [0.3, 0.4) is 0 Å². The van der Waals surface area contributed by atoms with Crippen LogP contribution in [0.1, 0.15) is 16.2 Å². The Morgan fingerprint density at radius 2 is 1.36 bits per heavy atom. The van der Waals surface area contributed by atoms with Crippen LogP contribution in [0.25, 0.3) is 5.69 Å². The zero-order valence-electron chi connectivity index (χ0n) is 15.5. The van der Waals surface area contributed by atoms with Gasteiger partial charge in [-0.25, -0.2) is 4.68 Å². The molecule has 0 aliphatic carbocycles. The van der Waals surface area contributed by atoms with E-state index in [1.807, 2.05) is 91.9 Å². The maximum Gasteiger partial charge on any atom is 0.276 e. The van der Waals surface area contributed by atoms with Gasteiger partial charge >= 0.3 is 0 Å². The number of hydrogen-bond acceptors (Lipinski definition) is 3. The van der Waals surface area contributed by atoms with Crippen LogP contribution in [-0.2, 0) is 0 Å². The molecule has 1 amide bonds. The summed E-state index contributed by atoms with van der Waals surface area (Å²) in [7, 11) is 0. The maximum atomic E-state index is 12.6. The second-order valence-electron chi connectivity index (χ2n) is 6.44. The molecule has 28 heavy (non-hydrogen) atoms. The van der Waals surface area contributed by atoms with Gasteiger partial charge in [0.25, 0.3) is 5.91 Å². The predicted octanol–water partition coefficient (Wildman–Crippen LogP) is 5.18. The number of anilines is 3. The zero-order valence-corrected chi connectivity index (χ0v) is 15.5. The summed E-state index contributed by atoms with van der Waals surface area (Å²) in [6.45, 7) is 1.93. The predicted molar refractivity (Wildman–Crippen MR) is 112 cm³/mol. The molecule has 4 rings (SSSR count). The Morgan fingerprint density at radius 1 is 0.786 bits per heavy atom. The fraction of sp³-hybridized carbons (Fsp3) is 0.0435. The lowest BCUT2D eigenvalue weighted by Gasteiger charge is -2.08. The van der Waals surface area contributed by atoms with Gasteiger partial charge in [-0.1, -0.05) is 36.4 Å². The van der Waals surface area contributed by atoms with Crippen molar-refractivity contribution in [2.24, 2.45) is 0 Å². The van der Waals surface area contributed by atoms with Crippen molar-refractivity contribution in [1.82, 2.24) is 9.78 Å². The molecule has 3 aromatic carbocycles. The number of carbonyl (C=O) groups excluding carboxylic acids is 1. The molecule has 0 bridgehead atoms. The van der Waals surface area contributed by atoms with E-state index in [1.165, 1.54) is 0 Å². The standard InChI is InChI=1S/C23H20N4O/c1-17-16-22(26-27(17)21-10-6-3-7-11-21)23(28)25-20-14-12-19(13-15-20)24-18-8-4-2-5-9-18/h2-16,24H,1H3,(H,25,28). The third kappa shape index (κ3) is 3.94. The van der Waals surface area contributed by atoms with Gasteiger partial charge in [0.15, 0.2) is 5.69 Å². The highest BCUT2D eigenvalue weighted by molar-refractivity contribution is 6.03. The van der Waals surface area contributed by atoms with Gasteiger partial charge in [-0.3, -0.25) is 4.79 Å². The fourth-order valence-electron chi connectivity index (χ4n) is 2.94. The summed E-state index contributed by atoms with van der Waals surface area (Å²) in [4.78, 5) is 12.6. The lowest BCUT2D eigenvalue weighted by atomic mass is 10.2. The number of nitrogens with one attached hydrogen (secondary N) is 2. The molecular formula is C23H20N4O. The van der Waals surface area contributed by atoms with Gasteiger partial charge in [0, 0.05) is 22.8 Å². The first-order valence-corrected chi connectivity index (χ1v) is 9.05. The molecule has 5 heteroatoms. The summed E-state index contributed by atoms with van der Waals surface area (Å²) in [5, 5.41) is 10.7. The van der Waals surface area contributed by atoms with E-state index in [0.29, 0.717) is 5.69 Å². The Kier molecular flexibility index (Phi) is 4.89. The second-order valence-corrected chi connectivity index (χ2v) is 6.44. The molecule has 1 heterocycles. The summed E-state index contributed by atoms with van der Waals surface area (Å²) < 4.78 is 1.77. The third-order valence-electron chi connectivity index (χ3n) is 4.33. The van der Waals surface area contributed by atoms with Crippen molar-refractivity contribution in [3.63, 3.8) is 0 Å². The van der Waals surface area contributed by atoms with Crippen LogP contribution in [0.5, 0.6) is 0 Å². The molecule has 0 unspecified atom stereocenters. The molecule has 138 valence electrons. The van der Waals surface area contributed by atoms with Crippen molar-refractivity contribution in [3.05, 3.63) is 102 Å². The van der Waals surface area contributed by atoms with E-state index < -0.39 is 0 Å². The average molecular weight is 368 g/mol. The molecule has 1 aromatic heterocycles. The molecule has 0 atom stereocenters. The molecule has 0 aliphatic rings. The van der Waals surface area contributed by atoms with Crippen molar-refractivity contribution in [1.29, 1.82) is 0 Å². The lowest BCUT2D eigenvalue weighted by Crippen LogP contribution is -2.13. The molecule has 0 saturated heterocycles. The number of benzene rings is 3. The highest BCUT2D eigenvalue weighted by Gasteiger charge is 2.13. The van der Waals surface area contributed by atoms with E-state index in [0.717, 1.165) is 28.4 Å². The highest BCUT2D eigenvalue weighted by atomic mass is 16.1. The molecule has 2 N–H and O–H groups in total. The Balaban J connectivity index is 1.45. The highest BCUT2D eigenvalue weighted by Crippen LogP contribution is 2.19. The van der Waals surface area contributed by atoms with E-state index in [4.69, 9.17) is 0 Å². The van der Waals surface area contributed by atoms with Crippen molar-refractivity contribution < 1.29 is 4.79 Å². The minimum Gasteiger partial charge on any atom is -0.356 e. The van der Waals surface area contributed by atoms with Gasteiger partial charge in [0.05, 0.1) is 5.69 Å². The Labute approximate surface area is 163 Å². The quantitative estimate of drug-likeness (QED) is 0.510. The van der Waals surface area contributed by atoms with Crippen LogP contribution >= 0.6 is 0 Å². The molecule has 0 radical (unpaired) electrons. The van der Waals surface area contributed by atoms with Gasteiger partial charge in [-0.15, -0.1) is 0 Å². The van der Waals surface area contributed by atoms with Gasteiger partial charge in [-0.05, 0) is 61.5 Å². The van der Waals surface area contributed by atoms with E-state index in [-0.39, 0.29) is 5.91 Å². The zero-order chi connectivity index (χ0) is 19.3. The molecule has 0 fully saturated rings. The van der Waals surface area contributed by atoms with Crippen LogP contribution in [0.4, 0.5) is 17.1 Å². The molecule has 0 saturated carbocycles. The summed E-state index contributed by atoms with van der Waals surface area (Å²) in [6.07, 6.45) is 0. The van der Waals surface area contributed by atoms with Crippen LogP contribution in [-0.4, -0.2) is 15.7 Å². The SMILES string of the molecule is Cc1cc(C(=O)Nc2ccc(Nc3ccccc3)cc2)nn1-c1ccccc1. The Bertz CT molecular complexity index is 1070. The number of aryl methyl sites for hydroxylation is 1. The maximum absolute atomic E-state index is 12.6. The second kappa shape index (κ2) is 7.80. The third-order valence-corrected chi connectivity index (χ3v) is 4.33. The number of rotatable bonds is 5.